The molecule has 0 heterocycles. The Kier molecular flexibility index (Phi) is 6.67. The maximum Gasteiger partial charge on any atom is 0.192 e. The Hall–Kier alpha value is 0.0669. The van der Waals surface area contributed by atoms with Crippen LogP contribution in [0.25, 0.3) is 0 Å². The standard InChI is InChI=1S/C16H33FO2Si/c1-7-8-11-18-13-9-10-15(14(17)12-13)19-20(5,6)16(2,3)4/h13-15H,7-12H2,1-6H3. The van der Waals surface area contributed by atoms with Gasteiger partial charge < -0.3 is 9.16 Å². The van der Waals surface area contributed by atoms with Gasteiger partial charge in [0.1, 0.15) is 6.17 Å². The minimum absolute atomic E-state index is 0.0933. The number of hydrogen-bond acceptors (Lipinski definition) is 2. The van der Waals surface area contributed by atoms with Gasteiger partial charge in [0.2, 0.25) is 0 Å². The molecule has 0 aromatic heterocycles. The summed E-state index contributed by atoms with van der Waals surface area (Å²) < 4.78 is 26.3. The van der Waals surface area contributed by atoms with Crippen molar-refractivity contribution >= 4 is 8.32 Å². The van der Waals surface area contributed by atoms with Crippen LogP contribution in [0.5, 0.6) is 0 Å². The average Bonchev–Trinajstić information content (AvgIpc) is 2.31. The SMILES string of the molecule is CCCCOC1CCC(O[Si](C)(C)C(C)(C)C)C(F)C1. The van der Waals surface area contributed by atoms with Gasteiger partial charge in [-0.15, -0.1) is 0 Å². The Balaban J connectivity index is 2.45. The highest BCUT2D eigenvalue weighted by Crippen LogP contribution is 2.39. The summed E-state index contributed by atoms with van der Waals surface area (Å²) in [5.41, 5.74) is 0. The summed E-state index contributed by atoms with van der Waals surface area (Å²) >= 11 is 0. The molecule has 20 heavy (non-hydrogen) atoms. The molecule has 1 aliphatic carbocycles. The van der Waals surface area contributed by atoms with Crippen LogP contribution < -0.4 is 0 Å². The molecule has 0 bridgehead atoms. The monoisotopic (exact) mass is 304 g/mol. The summed E-state index contributed by atoms with van der Waals surface area (Å²) in [5, 5.41) is 0.140. The number of rotatable bonds is 6. The fourth-order valence-electron chi connectivity index (χ4n) is 2.29. The van der Waals surface area contributed by atoms with E-state index in [2.05, 4.69) is 40.8 Å². The van der Waals surface area contributed by atoms with Gasteiger partial charge in [-0.1, -0.05) is 34.1 Å². The quantitative estimate of drug-likeness (QED) is 0.503. The van der Waals surface area contributed by atoms with E-state index in [1.807, 2.05) is 0 Å². The van der Waals surface area contributed by atoms with Crippen LogP contribution in [0.2, 0.25) is 18.1 Å². The van der Waals surface area contributed by atoms with Gasteiger partial charge in [-0.05, 0) is 37.4 Å². The summed E-state index contributed by atoms with van der Waals surface area (Å²) in [6.07, 6.45) is 3.43. The van der Waals surface area contributed by atoms with Crippen LogP contribution >= 0.6 is 0 Å². The molecule has 0 saturated heterocycles. The predicted molar refractivity (Wildman–Crippen MR) is 85.5 cm³/mol. The fraction of sp³-hybridized carbons (Fsp3) is 1.00. The molecule has 0 aromatic rings. The van der Waals surface area contributed by atoms with Crippen LogP contribution in [0.1, 0.15) is 59.8 Å². The first-order valence-electron chi connectivity index (χ1n) is 8.11. The second-order valence-electron chi connectivity index (χ2n) is 7.59. The number of hydrogen-bond donors (Lipinski definition) is 0. The van der Waals surface area contributed by atoms with Crippen LogP contribution in [0, 0.1) is 0 Å². The Bertz CT molecular complexity index is 289. The van der Waals surface area contributed by atoms with Gasteiger partial charge in [-0.25, -0.2) is 4.39 Å². The molecule has 0 amide bonds. The average molecular weight is 305 g/mol. The van der Waals surface area contributed by atoms with Crippen molar-refractivity contribution in [1.82, 2.24) is 0 Å². The number of unbranched alkanes of at least 4 members (excludes halogenated alkanes) is 1. The van der Waals surface area contributed by atoms with E-state index in [0.29, 0.717) is 6.42 Å². The fourth-order valence-corrected chi connectivity index (χ4v) is 3.66. The summed E-state index contributed by atoms with van der Waals surface area (Å²) in [7, 11) is -1.87. The molecule has 0 radical (unpaired) electrons. The molecular weight excluding hydrogens is 271 g/mol. The highest BCUT2D eigenvalue weighted by Gasteiger charge is 2.42. The van der Waals surface area contributed by atoms with E-state index < -0.39 is 14.5 Å². The van der Waals surface area contributed by atoms with Gasteiger partial charge in [0, 0.05) is 13.0 Å². The van der Waals surface area contributed by atoms with E-state index in [0.717, 1.165) is 32.3 Å². The highest BCUT2D eigenvalue weighted by molar-refractivity contribution is 6.74. The van der Waals surface area contributed by atoms with Gasteiger partial charge in [0.15, 0.2) is 8.32 Å². The minimum Gasteiger partial charge on any atom is -0.411 e. The molecule has 0 aliphatic heterocycles. The number of ether oxygens (including phenoxy) is 1. The molecule has 4 heteroatoms. The van der Waals surface area contributed by atoms with E-state index in [9.17, 15) is 4.39 Å². The van der Waals surface area contributed by atoms with E-state index in [1.165, 1.54) is 0 Å². The van der Waals surface area contributed by atoms with Crippen LogP contribution in [-0.4, -0.2) is 33.3 Å². The molecule has 1 aliphatic rings. The maximum absolute atomic E-state index is 14.3. The van der Waals surface area contributed by atoms with Crippen molar-refractivity contribution in [2.75, 3.05) is 6.61 Å². The molecular formula is C16H33FO2Si. The topological polar surface area (TPSA) is 18.5 Å². The van der Waals surface area contributed by atoms with Crippen molar-refractivity contribution in [2.45, 2.75) is 96.3 Å². The summed E-state index contributed by atoms with van der Waals surface area (Å²) in [6.45, 7) is 13.9. The zero-order valence-corrected chi connectivity index (χ0v) is 15.2. The largest absolute Gasteiger partial charge is 0.411 e. The minimum atomic E-state index is -1.87. The molecule has 0 aromatic carbocycles. The number of halogens is 1. The molecule has 0 N–H and O–H groups in total. The molecule has 120 valence electrons. The molecule has 2 nitrogen and oxygen atoms in total. The predicted octanol–water partition coefficient (Wildman–Crippen LogP) is 5.08. The van der Waals surface area contributed by atoms with Crippen LogP contribution in [0.15, 0.2) is 0 Å². The van der Waals surface area contributed by atoms with Crippen LogP contribution in [0.4, 0.5) is 4.39 Å². The van der Waals surface area contributed by atoms with Crippen LogP contribution in [0.3, 0.4) is 0 Å². The molecule has 3 atom stereocenters. The Morgan fingerprint density at radius 1 is 1.20 bits per heavy atom. The van der Waals surface area contributed by atoms with Crippen molar-refractivity contribution in [2.24, 2.45) is 0 Å². The van der Waals surface area contributed by atoms with Gasteiger partial charge >= 0.3 is 0 Å². The van der Waals surface area contributed by atoms with E-state index in [-0.39, 0.29) is 17.2 Å². The summed E-state index contributed by atoms with van der Waals surface area (Å²) in [6, 6.07) is 0. The second kappa shape index (κ2) is 7.37. The zero-order chi connectivity index (χ0) is 15.4. The normalized spacial score (nSPS) is 28.6. The summed E-state index contributed by atoms with van der Waals surface area (Å²) in [4.78, 5) is 0. The summed E-state index contributed by atoms with van der Waals surface area (Å²) in [5.74, 6) is 0. The van der Waals surface area contributed by atoms with Crippen molar-refractivity contribution < 1.29 is 13.6 Å². The maximum atomic E-state index is 14.3. The van der Waals surface area contributed by atoms with Gasteiger partial charge in [0.25, 0.3) is 0 Å². The van der Waals surface area contributed by atoms with Crippen molar-refractivity contribution in [3.8, 4) is 0 Å². The lowest BCUT2D eigenvalue weighted by molar-refractivity contribution is -0.0398. The zero-order valence-electron chi connectivity index (χ0n) is 14.2. The first kappa shape index (κ1) is 18.1. The van der Waals surface area contributed by atoms with E-state index in [4.69, 9.17) is 9.16 Å². The van der Waals surface area contributed by atoms with E-state index in [1.54, 1.807) is 0 Å². The molecule has 3 unspecified atom stereocenters. The highest BCUT2D eigenvalue weighted by atomic mass is 28.4. The smallest absolute Gasteiger partial charge is 0.192 e. The van der Waals surface area contributed by atoms with Crippen molar-refractivity contribution in [3.05, 3.63) is 0 Å². The molecule has 1 fully saturated rings. The third-order valence-corrected chi connectivity index (χ3v) is 9.27. The lowest BCUT2D eigenvalue weighted by Gasteiger charge is -2.42. The molecule has 0 spiro atoms. The third kappa shape index (κ3) is 5.12. The molecule has 1 saturated carbocycles. The third-order valence-electron chi connectivity index (χ3n) is 4.77. The van der Waals surface area contributed by atoms with Gasteiger partial charge in [-0.3, -0.25) is 0 Å². The first-order chi connectivity index (χ1) is 9.17. The second-order valence-corrected chi connectivity index (χ2v) is 12.3. The Morgan fingerprint density at radius 2 is 1.85 bits per heavy atom. The van der Waals surface area contributed by atoms with E-state index >= 15 is 0 Å². The lowest BCUT2D eigenvalue weighted by Crippen LogP contribution is -2.48. The van der Waals surface area contributed by atoms with Crippen molar-refractivity contribution in [3.63, 3.8) is 0 Å². The molecule has 1 rings (SSSR count). The lowest BCUT2D eigenvalue weighted by atomic mass is 9.93. The Labute approximate surface area is 125 Å². The Morgan fingerprint density at radius 3 is 2.35 bits per heavy atom. The first-order valence-corrected chi connectivity index (χ1v) is 11.0. The van der Waals surface area contributed by atoms with Gasteiger partial charge in [-0.2, -0.15) is 0 Å². The van der Waals surface area contributed by atoms with Crippen LogP contribution in [-0.2, 0) is 9.16 Å². The number of alkyl halides is 1. The van der Waals surface area contributed by atoms with Gasteiger partial charge in [0.05, 0.1) is 12.2 Å². The van der Waals surface area contributed by atoms with Crippen molar-refractivity contribution in [1.29, 1.82) is 0 Å².